The molecule has 2 aliphatic rings. The number of hydrogen-bond acceptors (Lipinski definition) is 7. The number of benzene rings is 2. The van der Waals surface area contributed by atoms with Crippen molar-refractivity contribution in [2.24, 2.45) is 0 Å². The fraction of sp³-hybridized carbons (Fsp3) is 0.364. The van der Waals surface area contributed by atoms with Crippen LogP contribution in [0.4, 0.5) is 4.39 Å². The summed E-state index contributed by atoms with van der Waals surface area (Å²) >= 11 is 1.58. The third kappa shape index (κ3) is 4.27. The first-order valence-corrected chi connectivity index (χ1v) is 11.0. The number of nitrogens with zero attached hydrogens (tertiary/aromatic N) is 3. The topological polar surface area (TPSA) is 56.7 Å². The second kappa shape index (κ2) is 8.85. The van der Waals surface area contributed by atoms with Gasteiger partial charge in [0, 0.05) is 35.4 Å². The number of ether oxygens (including phenoxy) is 3. The van der Waals surface area contributed by atoms with Crippen LogP contribution in [0.5, 0.6) is 5.75 Å². The van der Waals surface area contributed by atoms with Crippen molar-refractivity contribution in [2.45, 2.75) is 23.9 Å². The summed E-state index contributed by atoms with van der Waals surface area (Å²) in [7, 11) is 0. The minimum Gasteiger partial charge on any atom is -0.467 e. The molecule has 0 N–H and O–H groups in total. The fourth-order valence-corrected chi connectivity index (χ4v) is 4.75. The Hall–Kier alpha value is -2.26. The number of para-hydroxylation sites is 1. The van der Waals surface area contributed by atoms with Crippen molar-refractivity contribution in [1.82, 2.24) is 14.9 Å². The van der Waals surface area contributed by atoms with E-state index in [1.807, 2.05) is 24.3 Å². The van der Waals surface area contributed by atoms with Crippen LogP contribution >= 0.6 is 11.8 Å². The molecule has 0 bridgehead atoms. The Morgan fingerprint density at radius 2 is 1.93 bits per heavy atom. The molecule has 0 atom stereocenters. The van der Waals surface area contributed by atoms with E-state index in [0.29, 0.717) is 18.9 Å². The quantitative estimate of drug-likeness (QED) is 0.454. The molecular weight excluding hydrogens is 405 g/mol. The molecule has 0 saturated carbocycles. The van der Waals surface area contributed by atoms with Crippen LogP contribution in [0.25, 0.3) is 10.9 Å². The molecule has 0 unspecified atom stereocenters. The minimum atomic E-state index is -0.279. The highest BCUT2D eigenvalue weighted by atomic mass is 32.2. The van der Waals surface area contributed by atoms with E-state index in [1.54, 1.807) is 11.8 Å². The minimum absolute atomic E-state index is 0.191. The summed E-state index contributed by atoms with van der Waals surface area (Å²) in [6, 6.07) is 11.0. The number of hydrogen-bond donors (Lipinski definition) is 0. The van der Waals surface area contributed by atoms with Crippen LogP contribution < -0.4 is 4.74 Å². The molecule has 6 nitrogen and oxygen atoms in total. The second-order valence-corrected chi connectivity index (χ2v) is 8.27. The lowest BCUT2D eigenvalue weighted by molar-refractivity contribution is -0.0171. The molecule has 3 heterocycles. The third-order valence-electron chi connectivity index (χ3n) is 5.20. The molecule has 1 fully saturated rings. The average Bonchev–Trinajstić information content (AvgIpc) is 2.78. The molecule has 0 spiro atoms. The Morgan fingerprint density at radius 3 is 2.83 bits per heavy atom. The highest BCUT2D eigenvalue weighted by Crippen LogP contribution is 2.35. The summed E-state index contributed by atoms with van der Waals surface area (Å²) in [6.45, 7) is 4.49. The normalized spacial score (nSPS) is 17.0. The lowest BCUT2D eigenvalue weighted by Gasteiger charge is -2.26. The van der Waals surface area contributed by atoms with Crippen molar-refractivity contribution < 1.29 is 18.6 Å². The standard InChI is InChI=1S/C22H22FN3O3S/c23-17-9-15-12-28-14-29-21(15)16(10-17)13-30-22-18-3-1-2-4-19(18)24-20(25-22)11-26-5-7-27-8-6-26/h1-4,9-10H,5-8,11-14H2. The molecule has 30 heavy (non-hydrogen) atoms. The third-order valence-corrected chi connectivity index (χ3v) is 6.24. The predicted octanol–water partition coefficient (Wildman–Crippen LogP) is 3.76. The second-order valence-electron chi connectivity index (χ2n) is 7.30. The van der Waals surface area contributed by atoms with Gasteiger partial charge in [0.15, 0.2) is 6.79 Å². The van der Waals surface area contributed by atoms with Crippen molar-refractivity contribution in [3.63, 3.8) is 0 Å². The number of fused-ring (bicyclic) bond motifs is 2. The van der Waals surface area contributed by atoms with Gasteiger partial charge in [0.05, 0.1) is 31.9 Å². The van der Waals surface area contributed by atoms with Gasteiger partial charge < -0.3 is 14.2 Å². The summed E-state index contributed by atoms with van der Waals surface area (Å²) in [5.41, 5.74) is 2.48. The van der Waals surface area contributed by atoms with Crippen molar-refractivity contribution in [3.05, 3.63) is 59.2 Å². The first kappa shape index (κ1) is 19.7. The van der Waals surface area contributed by atoms with E-state index in [-0.39, 0.29) is 12.6 Å². The molecule has 2 aromatic carbocycles. The lowest BCUT2D eigenvalue weighted by Crippen LogP contribution is -2.36. The maximum atomic E-state index is 14.1. The van der Waals surface area contributed by atoms with E-state index in [0.717, 1.165) is 64.9 Å². The maximum absolute atomic E-state index is 14.1. The van der Waals surface area contributed by atoms with E-state index in [2.05, 4.69) is 4.90 Å². The number of halogens is 1. The van der Waals surface area contributed by atoms with E-state index < -0.39 is 0 Å². The summed E-state index contributed by atoms with van der Waals surface area (Å²) < 4.78 is 30.5. The number of thioether (sulfide) groups is 1. The molecule has 1 aromatic heterocycles. The summed E-state index contributed by atoms with van der Waals surface area (Å²) in [5.74, 6) is 1.79. The van der Waals surface area contributed by atoms with Gasteiger partial charge in [-0.05, 0) is 18.2 Å². The summed E-state index contributed by atoms with van der Waals surface area (Å²) in [4.78, 5) is 11.9. The van der Waals surface area contributed by atoms with Gasteiger partial charge in [0.25, 0.3) is 0 Å². The Balaban J connectivity index is 1.43. The van der Waals surface area contributed by atoms with Crippen LogP contribution in [0.2, 0.25) is 0 Å². The number of morpholine rings is 1. The van der Waals surface area contributed by atoms with Gasteiger partial charge in [-0.1, -0.05) is 18.2 Å². The molecule has 1 saturated heterocycles. The lowest BCUT2D eigenvalue weighted by atomic mass is 10.1. The molecule has 5 rings (SSSR count). The zero-order valence-electron chi connectivity index (χ0n) is 16.5. The van der Waals surface area contributed by atoms with E-state index >= 15 is 0 Å². The Morgan fingerprint density at radius 1 is 1.07 bits per heavy atom. The summed E-state index contributed by atoms with van der Waals surface area (Å²) in [6.07, 6.45) is 0. The van der Waals surface area contributed by atoms with Gasteiger partial charge in [-0.25, -0.2) is 14.4 Å². The van der Waals surface area contributed by atoms with Crippen LogP contribution in [0.3, 0.4) is 0 Å². The Labute approximate surface area is 178 Å². The monoisotopic (exact) mass is 427 g/mol. The molecule has 2 aliphatic heterocycles. The highest BCUT2D eigenvalue weighted by molar-refractivity contribution is 7.98. The predicted molar refractivity (Wildman–Crippen MR) is 112 cm³/mol. The molecule has 3 aromatic rings. The average molecular weight is 428 g/mol. The van der Waals surface area contributed by atoms with Gasteiger partial charge in [-0.2, -0.15) is 0 Å². The van der Waals surface area contributed by atoms with E-state index in [9.17, 15) is 4.39 Å². The van der Waals surface area contributed by atoms with Crippen molar-refractivity contribution >= 4 is 22.7 Å². The van der Waals surface area contributed by atoms with E-state index in [4.69, 9.17) is 24.2 Å². The first-order chi connectivity index (χ1) is 14.8. The molecule has 0 amide bonds. The van der Waals surface area contributed by atoms with Gasteiger partial charge >= 0.3 is 0 Å². The zero-order chi connectivity index (χ0) is 20.3. The fourth-order valence-electron chi connectivity index (χ4n) is 3.74. The van der Waals surface area contributed by atoms with Crippen molar-refractivity contribution in [3.8, 4) is 5.75 Å². The largest absolute Gasteiger partial charge is 0.467 e. The molecule has 0 radical (unpaired) electrons. The van der Waals surface area contributed by atoms with Gasteiger partial charge in [0.2, 0.25) is 0 Å². The van der Waals surface area contributed by atoms with Crippen LogP contribution in [0, 0.1) is 5.82 Å². The molecular formula is C22H22FN3O3S. The Kier molecular flexibility index (Phi) is 5.81. The highest BCUT2D eigenvalue weighted by Gasteiger charge is 2.19. The maximum Gasteiger partial charge on any atom is 0.189 e. The van der Waals surface area contributed by atoms with Crippen molar-refractivity contribution in [1.29, 1.82) is 0 Å². The smallest absolute Gasteiger partial charge is 0.189 e. The first-order valence-electron chi connectivity index (χ1n) is 9.97. The summed E-state index contributed by atoms with van der Waals surface area (Å²) in [5, 5.41) is 1.90. The van der Waals surface area contributed by atoms with Crippen LogP contribution in [-0.2, 0) is 28.4 Å². The van der Waals surface area contributed by atoms with Gasteiger partial charge in [-0.15, -0.1) is 11.8 Å². The van der Waals surface area contributed by atoms with Gasteiger partial charge in [0.1, 0.15) is 22.4 Å². The van der Waals surface area contributed by atoms with Crippen LogP contribution in [0.1, 0.15) is 17.0 Å². The van der Waals surface area contributed by atoms with Crippen LogP contribution in [0.15, 0.2) is 41.4 Å². The molecule has 156 valence electrons. The number of aromatic nitrogens is 2. The van der Waals surface area contributed by atoms with Gasteiger partial charge in [-0.3, -0.25) is 4.90 Å². The molecule has 8 heteroatoms. The Bertz CT molecular complexity index is 1060. The van der Waals surface area contributed by atoms with Crippen LogP contribution in [-0.4, -0.2) is 48.0 Å². The number of rotatable bonds is 5. The molecule has 0 aliphatic carbocycles. The SMILES string of the molecule is Fc1cc2c(c(CSc3nc(CN4CCOCC4)nc4ccccc34)c1)OCOC2. The zero-order valence-corrected chi connectivity index (χ0v) is 17.3. The van der Waals surface area contributed by atoms with Crippen molar-refractivity contribution in [2.75, 3.05) is 33.1 Å². The van der Waals surface area contributed by atoms with E-state index in [1.165, 1.54) is 12.1 Å².